The van der Waals surface area contributed by atoms with E-state index in [0.717, 1.165) is 34.2 Å². The molecule has 0 radical (unpaired) electrons. The Bertz CT molecular complexity index is 900. The van der Waals surface area contributed by atoms with Gasteiger partial charge in [-0.3, -0.25) is 14.7 Å². The van der Waals surface area contributed by atoms with Gasteiger partial charge < -0.3 is 0 Å². The van der Waals surface area contributed by atoms with E-state index >= 15 is 0 Å². The zero-order valence-electron chi connectivity index (χ0n) is 15.7. The van der Waals surface area contributed by atoms with Crippen LogP contribution < -0.4 is 0 Å². The van der Waals surface area contributed by atoms with Crippen molar-refractivity contribution in [2.24, 2.45) is 4.99 Å². The summed E-state index contributed by atoms with van der Waals surface area (Å²) >= 11 is 1.46. The van der Waals surface area contributed by atoms with E-state index in [1.54, 1.807) is 12.4 Å². The SMILES string of the molecule is O=C1/C(=C/C=C/c2ccccc2)SC(=Nc2cccnc2)N1C1CCCCC1. The summed E-state index contributed by atoms with van der Waals surface area (Å²) in [5.74, 6) is 0.0669. The molecule has 0 N–H and O–H groups in total. The fraction of sp³-hybridized carbons (Fsp3) is 0.261. The molecule has 1 aliphatic heterocycles. The molecule has 1 amide bonds. The second-order valence-electron chi connectivity index (χ2n) is 6.98. The number of aliphatic imine (C=N–C) groups is 1. The van der Waals surface area contributed by atoms with Crippen LogP contribution in [0.1, 0.15) is 37.7 Å². The van der Waals surface area contributed by atoms with Gasteiger partial charge in [0.05, 0.1) is 16.8 Å². The fourth-order valence-electron chi connectivity index (χ4n) is 3.58. The average Bonchev–Trinajstić information content (AvgIpc) is 3.05. The Morgan fingerprint density at radius 1 is 1.07 bits per heavy atom. The number of pyridine rings is 1. The topological polar surface area (TPSA) is 45.6 Å². The van der Waals surface area contributed by atoms with Crippen LogP contribution in [0.15, 0.2) is 76.9 Å². The van der Waals surface area contributed by atoms with Crippen molar-refractivity contribution in [3.05, 3.63) is 77.5 Å². The van der Waals surface area contributed by atoms with Crippen LogP contribution in [0.25, 0.3) is 6.08 Å². The molecule has 1 saturated heterocycles. The van der Waals surface area contributed by atoms with E-state index in [1.165, 1.54) is 31.0 Å². The molecule has 1 aromatic heterocycles. The predicted molar refractivity (Wildman–Crippen MR) is 116 cm³/mol. The second-order valence-corrected chi connectivity index (χ2v) is 7.98. The first-order chi connectivity index (χ1) is 13.8. The minimum absolute atomic E-state index is 0.0669. The molecule has 5 heteroatoms. The average molecular weight is 390 g/mol. The number of aromatic nitrogens is 1. The molecule has 0 bridgehead atoms. The molecular weight excluding hydrogens is 366 g/mol. The molecule has 2 aliphatic rings. The van der Waals surface area contributed by atoms with Gasteiger partial charge in [0.25, 0.3) is 5.91 Å². The van der Waals surface area contributed by atoms with Gasteiger partial charge >= 0.3 is 0 Å². The number of hydrogen-bond acceptors (Lipinski definition) is 4. The highest BCUT2D eigenvalue weighted by atomic mass is 32.2. The summed E-state index contributed by atoms with van der Waals surface area (Å²) in [6.07, 6.45) is 15.0. The normalized spacial score (nSPS) is 21.3. The lowest BCUT2D eigenvalue weighted by Crippen LogP contribution is -2.40. The number of carbonyl (C=O) groups excluding carboxylic acids is 1. The highest BCUT2D eigenvalue weighted by Gasteiger charge is 2.38. The van der Waals surface area contributed by atoms with Crippen molar-refractivity contribution < 1.29 is 4.79 Å². The summed E-state index contributed by atoms with van der Waals surface area (Å²) in [7, 11) is 0. The molecule has 142 valence electrons. The summed E-state index contributed by atoms with van der Waals surface area (Å²) in [5, 5.41) is 0.768. The third-order valence-electron chi connectivity index (χ3n) is 4.98. The minimum Gasteiger partial charge on any atom is -0.283 e. The van der Waals surface area contributed by atoms with E-state index in [-0.39, 0.29) is 11.9 Å². The van der Waals surface area contributed by atoms with Gasteiger partial charge in [-0.15, -0.1) is 0 Å². The first-order valence-electron chi connectivity index (χ1n) is 9.75. The summed E-state index contributed by atoms with van der Waals surface area (Å²) in [4.78, 5) is 24.7. The molecule has 2 fully saturated rings. The quantitative estimate of drug-likeness (QED) is 0.642. The number of rotatable bonds is 4. The monoisotopic (exact) mass is 389 g/mol. The Morgan fingerprint density at radius 2 is 1.89 bits per heavy atom. The Hall–Kier alpha value is -2.66. The van der Waals surface area contributed by atoms with Crippen molar-refractivity contribution in [1.82, 2.24) is 9.88 Å². The van der Waals surface area contributed by atoms with Gasteiger partial charge in [-0.1, -0.05) is 61.7 Å². The van der Waals surface area contributed by atoms with E-state index in [9.17, 15) is 4.79 Å². The van der Waals surface area contributed by atoms with Gasteiger partial charge in [-0.2, -0.15) is 0 Å². The number of benzene rings is 1. The van der Waals surface area contributed by atoms with Crippen LogP contribution in [0, 0.1) is 0 Å². The van der Waals surface area contributed by atoms with E-state index in [2.05, 4.69) is 4.98 Å². The first-order valence-corrected chi connectivity index (χ1v) is 10.6. The molecule has 28 heavy (non-hydrogen) atoms. The standard InChI is InChI=1S/C23H23N3OS/c27-22-21(15-7-11-18-9-3-1-4-10-18)28-23(25-19-12-8-16-24-17-19)26(22)20-13-5-2-6-14-20/h1,3-4,7-12,15-17,20H,2,5-6,13-14H2/b11-7+,21-15-,25-23?. The van der Waals surface area contributed by atoms with Crippen LogP contribution in [-0.4, -0.2) is 27.0 Å². The second kappa shape index (κ2) is 9.02. The number of allylic oxidation sites excluding steroid dienone is 2. The zero-order valence-corrected chi connectivity index (χ0v) is 16.5. The van der Waals surface area contributed by atoms with Gasteiger partial charge in [-0.05, 0) is 48.4 Å². The largest absolute Gasteiger partial charge is 0.283 e. The van der Waals surface area contributed by atoms with Gasteiger partial charge in [-0.25, -0.2) is 4.99 Å². The number of amidine groups is 1. The zero-order chi connectivity index (χ0) is 19.2. The smallest absolute Gasteiger partial charge is 0.266 e. The maximum atomic E-state index is 13.2. The lowest BCUT2D eigenvalue weighted by molar-refractivity contribution is -0.124. The molecule has 0 unspecified atom stereocenters. The van der Waals surface area contributed by atoms with Crippen molar-refractivity contribution in [1.29, 1.82) is 0 Å². The Balaban J connectivity index is 1.61. The number of thioether (sulfide) groups is 1. The molecule has 1 saturated carbocycles. The van der Waals surface area contributed by atoms with E-state index in [1.807, 2.05) is 65.6 Å². The number of carbonyl (C=O) groups is 1. The highest BCUT2D eigenvalue weighted by molar-refractivity contribution is 8.18. The molecule has 2 aromatic rings. The van der Waals surface area contributed by atoms with Gasteiger partial charge in [0.2, 0.25) is 0 Å². The molecule has 4 rings (SSSR count). The molecule has 0 atom stereocenters. The third kappa shape index (κ3) is 4.42. The van der Waals surface area contributed by atoms with Crippen LogP contribution in [0.5, 0.6) is 0 Å². The van der Waals surface area contributed by atoms with E-state index in [4.69, 9.17) is 4.99 Å². The van der Waals surface area contributed by atoms with Crippen molar-refractivity contribution >= 4 is 34.6 Å². The predicted octanol–water partition coefficient (Wildman–Crippen LogP) is 5.57. The number of nitrogens with zero attached hydrogens (tertiary/aromatic N) is 3. The maximum absolute atomic E-state index is 13.2. The summed E-state index contributed by atoms with van der Waals surface area (Å²) in [6, 6.07) is 14.1. The van der Waals surface area contributed by atoms with Crippen LogP contribution in [0.2, 0.25) is 0 Å². The van der Waals surface area contributed by atoms with Crippen molar-refractivity contribution in [3.63, 3.8) is 0 Å². The number of amides is 1. The van der Waals surface area contributed by atoms with E-state index < -0.39 is 0 Å². The van der Waals surface area contributed by atoms with Gasteiger partial charge in [0.1, 0.15) is 0 Å². The molecule has 1 aromatic carbocycles. The van der Waals surface area contributed by atoms with Gasteiger partial charge in [0, 0.05) is 12.2 Å². The van der Waals surface area contributed by atoms with Crippen molar-refractivity contribution in [2.75, 3.05) is 0 Å². The van der Waals surface area contributed by atoms with Crippen molar-refractivity contribution in [3.8, 4) is 0 Å². The van der Waals surface area contributed by atoms with Crippen molar-refractivity contribution in [2.45, 2.75) is 38.1 Å². The van der Waals surface area contributed by atoms with Gasteiger partial charge in [0.15, 0.2) is 5.17 Å². The maximum Gasteiger partial charge on any atom is 0.266 e. The number of hydrogen-bond donors (Lipinski definition) is 0. The Labute approximate surface area is 170 Å². The van der Waals surface area contributed by atoms with E-state index in [0.29, 0.717) is 0 Å². The third-order valence-corrected chi connectivity index (χ3v) is 5.98. The molecule has 0 spiro atoms. The van der Waals surface area contributed by atoms with Crippen LogP contribution in [-0.2, 0) is 4.79 Å². The Kier molecular flexibility index (Phi) is 6.02. The summed E-state index contributed by atoms with van der Waals surface area (Å²) in [6.45, 7) is 0. The lowest BCUT2D eigenvalue weighted by Gasteiger charge is -2.30. The molecule has 2 heterocycles. The lowest BCUT2D eigenvalue weighted by atomic mass is 9.94. The summed E-state index contributed by atoms with van der Waals surface area (Å²) in [5.41, 5.74) is 1.89. The minimum atomic E-state index is 0.0669. The summed E-state index contributed by atoms with van der Waals surface area (Å²) < 4.78 is 0. The van der Waals surface area contributed by atoms with Crippen LogP contribution in [0.4, 0.5) is 5.69 Å². The molecule has 1 aliphatic carbocycles. The Morgan fingerprint density at radius 3 is 2.64 bits per heavy atom. The highest BCUT2D eigenvalue weighted by Crippen LogP contribution is 2.37. The fourth-order valence-corrected chi connectivity index (χ4v) is 4.59. The van der Waals surface area contributed by atoms with Crippen LogP contribution >= 0.6 is 11.8 Å². The molecular formula is C23H23N3OS. The molecule has 4 nitrogen and oxygen atoms in total. The first kappa shape index (κ1) is 18.7. The van der Waals surface area contributed by atoms with Crippen LogP contribution in [0.3, 0.4) is 0 Å².